The van der Waals surface area contributed by atoms with Gasteiger partial charge in [-0.1, -0.05) is 88.7 Å². The van der Waals surface area contributed by atoms with Gasteiger partial charge in [0.1, 0.15) is 58.7 Å². The van der Waals surface area contributed by atoms with E-state index in [0.29, 0.717) is 6.42 Å². The molecule has 0 aromatic heterocycles. The van der Waals surface area contributed by atoms with Crippen molar-refractivity contribution >= 4 is 70.8 Å². The van der Waals surface area contributed by atoms with Gasteiger partial charge in [-0.25, -0.2) is 0 Å². The number of carboxylic acid groups (broad SMARTS) is 1. The van der Waals surface area contributed by atoms with Gasteiger partial charge >= 0.3 is 5.97 Å². The van der Waals surface area contributed by atoms with E-state index in [9.17, 15) is 67.7 Å². The summed E-state index contributed by atoms with van der Waals surface area (Å²) in [5.41, 5.74) is -5.08. The number of carbonyl (C=O) groups excluding carboxylic acids is 11. The second-order valence-corrected chi connectivity index (χ2v) is 26.0. The average molecular weight is 1210 g/mol. The summed E-state index contributed by atoms with van der Waals surface area (Å²) < 4.78 is 0. The predicted molar refractivity (Wildman–Crippen MR) is 319 cm³/mol. The van der Waals surface area contributed by atoms with Gasteiger partial charge in [0.15, 0.2) is 0 Å². The first-order valence-corrected chi connectivity index (χ1v) is 29.9. The first kappa shape index (κ1) is 76.5. The molecule has 1 aliphatic rings. The number of carbonyl (C=O) groups is 12. The highest BCUT2D eigenvalue weighted by Crippen LogP contribution is 2.25. The minimum absolute atomic E-state index is 0.0530. The number of aliphatic hydroxyl groups is 2. The SMILES string of the molecule is CCC(=O)C[C@@H](O)C[C@H](C)C[C@H](NC(=O)[C@@H]1C[C@H](C)CN1C(=O)/C=C/[C@H](C)CC)C(=O)N[C@H](C(=O)NC(C)(C)C(=O)N[C@@H](CC(C)C)C(=O)N[C@@H](CC(C)C)C(=O)NC(C)(C)C(=O)NC(C)(C)C(=O)NCCC(=O)N[C@H](C)C(=O)O)[C@H](O)C(C)C. The average Bonchev–Trinajstić information content (AvgIpc) is 3.91. The van der Waals surface area contributed by atoms with Crippen molar-refractivity contribution in [3.05, 3.63) is 12.2 Å². The van der Waals surface area contributed by atoms with Gasteiger partial charge < -0.3 is 68.1 Å². The lowest BCUT2D eigenvalue weighted by atomic mass is 9.92. The summed E-state index contributed by atoms with van der Waals surface area (Å²) in [7, 11) is 0. The third-order valence-corrected chi connectivity index (χ3v) is 14.8. The van der Waals surface area contributed by atoms with Gasteiger partial charge in [-0.15, -0.1) is 0 Å². The molecule has 1 saturated heterocycles. The van der Waals surface area contributed by atoms with Crippen molar-refractivity contribution in [2.45, 2.75) is 247 Å². The lowest BCUT2D eigenvalue weighted by molar-refractivity contribution is -0.141. The van der Waals surface area contributed by atoms with Crippen LogP contribution in [0.1, 0.15) is 182 Å². The van der Waals surface area contributed by atoms with Gasteiger partial charge in [-0.2, -0.15) is 0 Å². The van der Waals surface area contributed by atoms with E-state index in [1.54, 1.807) is 61.5 Å². The Kier molecular flexibility index (Phi) is 31.1. The zero-order valence-electron chi connectivity index (χ0n) is 53.7. The summed E-state index contributed by atoms with van der Waals surface area (Å²) in [4.78, 5) is 163. The minimum Gasteiger partial charge on any atom is -0.480 e. The van der Waals surface area contributed by atoms with E-state index < -0.39 is 136 Å². The van der Waals surface area contributed by atoms with E-state index in [-0.39, 0.29) is 93.4 Å². The molecule has 0 saturated carbocycles. The van der Waals surface area contributed by atoms with Crippen molar-refractivity contribution in [1.82, 2.24) is 52.8 Å². The van der Waals surface area contributed by atoms with E-state index in [0.717, 1.165) is 6.42 Å². The Morgan fingerprint density at radius 2 is 1.13 bits per heavy atom. The van der Waals surface area contributed by atoms with Gasteiger partial charge in [0.25, 0.3) is 0 Å². The minimum atomic E-state index is -1.84. The number of rotatable bonds is 36. The van der Waals surface area contributed by atoms with Crippen molar-refractivity contribution in [3.63, 3.8) is 0 Å². The second kappa shape index (κ2) is 34.6. The molecule has 10 amide bonds. The summed E-state index contributed by atoms with van der Waals surface area (Å²) in [6, 6.07) is -7.74. The van der Waals surface area contributed by atoms with Crippen molar-refractivity contribution in [3.8, 4) is 0 Å². The number of hydrogen-bond donors (Lipinski definition) is 12. The molecule has 1 rings (SSSR count). The number of likely N-dealkylation sites (tertiary alicyclic amines) is 1. The second-order valence-electron chi connectivity index (χ2n) is 26.0. The van der Waals surface area contributed by atoms with Crippen LogP contribution < -0.4 is 47.9 Å². The van der Waals surface area contributed by atoms with Crippen LogP contribution in [0.4, 0.5) is 0 Å². The molecule has 0 spiro atoms. The number of nitrogens with zero attached hydrogens (tertiary/aromatic N) is 1. The molecular formula is C60H104N10O15. The molecule has 25 nitrogen and oxygen atoms in total. The van der Waals surface area contributed by atoms with Crippen molar-refractivity contribution in [2.75, 3.05) is 13.1 Å². The van der Waals surface area contributed by atoms with Crippen LogP contribution in [0.15, 0.2) is 12.2 Å². The van der Waals surface area contributed by atoms with Crippen molar-refractivity contribution < 1.29 is 72.9 Å². The number of hydrogen-bond acceptors (Lipinski definition) is 14. The normalized spacial score (nSPS) is 17.9. The monoisotopic (exact) mass is 1200 g/mol. The number of carboxylic acids is 1. The van der Waals surface area contributed by atoms with Crippen molar-refractivity contribution in [1.29, 1.82) is 0 Å². The van der Waals surface area contributed by atoms with Gasteiger partial charge in [0, 0.05) is 32.4 Å². The first-order chi connectivity index (χ1) is 39.1. The van der Waals surface area contributed by atoms with E-state index in [1.165, 1.54) is 59.4 Å². The van der Waals surface area contributed by atoms with Gasteiger partial charge in [-0.3, -0.25) is 57.5 Å². The lowest BCUT2D eigenvalue weighted by Gasteiger charge is -2.34. The van der Waals surface area contributed by atoms with E-state index in [2.05, 4.69) is 47.9 Å². The third-order valence-electron chi connectivity index (χ3n) is 14.8. The molecule has 11 atom stereocenters. The Morgan fingerprint density at radius 1 is 0.612 bits per heavy atom. The quantitative estimate of drug-likeness (QED) is 0.0398. The lowest BCUT2D eigenvalue weighted by Crippen LogP contribution is -2.66. The molecule has 1 heterocycles. The molecule has 12 N–H and O–H groups in total. The topological polar surface area (TPSA) is 377 Å². The predicted octanol–water partition coefficient (Wildman–Crippen LogP) is 1.80. The molecule has 0 aromatic rings. The Morgan fingerprint density at radius 3 is 1.66 bits per heavy atom. The fourth-order valence-corrected chi connectivity index (χ4v) is 9.21. The number of aliphatic carboxylic acids is 1. The summed E-state index contributed by atoms with van der Waals surface area (Å²) in [5.74, 6) is -10.2. The zero-order chi connectivity index (χ0) is 65.6. The summed E-state index contributed by atoms with van der Waals surface area (Å²) in [5, 5.41) is 54.8. The smallest absolute Gasteiger partial charge is 0.325 e. The summed E-state index contributed by atoms with van der Waals surface area (Å²) in [6.07, 6.45) is 1.68. The van der Waals surface area contributed by atoms with Crippen LogP contribution in [-0.4, -0.2) is 169 Å². The molecule has 0 bridgehead atoms. The number of Topliss-reactive ketones (excluding diaryl/α,β-unsaturated/α-hetero) is 1. The molecule has 0 aliphatic carbocycles. The van der Waals surface area contributed by atoms with Crippen molar-refractivity contribution in [2.24, 2.45) is 35.5 Å². The maximum atomic E-state index is 14.5. The molecule has 0 radical (unpaired) electrons. The molecule has 484 valence electrons. The molecule has 1 fully saturated rings. The van der Waals surface area contributed by atoms with Crippen LogP contribution in [0.25, 0.3) is 0 Å². The number of ketones is 1. The maximum absolute atomic E-state index is 14.5. The highest BCUT2D eigenvalue weighted by Gasteiger charge is 2.43. The third kappa shape index (κ3) is 26.3. The van der Waals surface area contributed by atoms with Crippen LogP contribution in [0.3, 0.4) is 0 Å². The Balaban J connectivity index is 3.45. The largest absolute Gasteiger partial charge is 0.480 e. The number of nitrogens with one attached hydrogen (secondary N) is 9. The molecular weight excluding hydrogens is 1100 g/mol. The standard InChI is InChI=1S/C60H104N10O15/c1-19-35(9)21-22-46(74)70-31-37(11)29-44(70)52(79)64-43(28-36(10)27-40(72)30-39(71)20-2)50(77)66-47(48(75)34(7)8)53(80)68-59(15,16)56(84)65-41(25-32(3)4)49(76)63-42(26-33(5)6)51(78)67-60(17,18)57(85)69-58(13,14)55(83)61-24-23-45(73)62-38(12)54(81)82/h21-22,32-38,40-44,47-48,72,75H,19-20,23-31H2,1-18H3,(H,61,83)(H,62,73)(H,63,76)(H,64,79)(H,65,84)(H,66,77)(H,67,78)(H,68,80)(H,69,85)(H,81,82)/b22-21+/t35-,36+,37+,38-,40+,41+,42+,43+,44+,47+,48-/m1/s1. The molecule has 0 aromatic carbocycles. The zero-order valence-corrected chi connectivity index (χ0v) is 53.7. The fourth-order valence-electron chi connectivity index (χ4n) is 9.21. The number of amides is 10. The van der Waals surface area contributed by atoms with Gasteiger partial charge in [0.05, 0.1) is 12.2 Å². The number of aliphatic hydroxyl groups excluding tert-OH is 2. The van der Waals surface area contributed by atoms with E-state index in [1.807, 2.05) is 20.8 Å². The summed E-state index contributed by atoms with van der Waals surface area (Å²) in [6.45, 7) is 29.3. The molecule has 25 heteroatoms. The highest BCUT2D eigenvalue weighted by molar-refractivity contribution is 6.00. The van der Waals surface area contributed by atoms with Gasteiger partial charge in [0.2, 0.25) is 59.1 Å². The first-order valence-electron chi connectivity index (χ1n) is 29.9. The molecule has 1 aliphatic heterocycles. The molecule has 0 unspecified atom stereocenters. The summed E-state index contributed by atoms with van der Waals surface area (Å²) >= 11 is 0. The maximum Gasteiger partial charge on any atom is 0.325 e. The van der Waals surface area contributed by atoms with E-state index in [4.69, 9.17) is 5.11 Å². The Hall–Kier alpha value is -6.50. The fraction of sp³-hybridized carbons (Fsp3) is 0.767. The highest BCUT2D eigenvalue weighted by atomic mass is 16.4. The van der Waals surface area contributed by atoms with Crippen LogP contribution in [0, 0.1) is 35.5 Å². The Labute approximate surface area is 503 Å². The van der Waals surface area contributed by atoms with Gasteiger partial charge in [-0.05, 0) is 122 Å². The Bertz CT molecular complexity index is 2370. The van der Waals surface area contributed by atoms with Crippen LogP contribution >= 0.6 is 0 Å². The van der Waals surface area contributed by atoms with Crippen LogP contribution in [0.5, 0.6) is 0 Å². The van der Waals surface area contributed by atoms with Crippen LogP contribution in [0.2, 0.25) is 0 Å². The van der Waals surface area contributed by atoms with Crippen LogP contribution in [-0.2, 0) is 57.5 Å². The van der Waals surface area contributed by atoms with E-state index >= 15 is 0 Å². The molecule has 85 heavy (non-hydrogen) atoms. The number of allylic oxidation sites excluding steroid dienone is 1.